The molecule has 0 aromatic heterocycles. The molecule has 4 unspecified atom stereocenters. The van der Waals surface area contributed by atoms with E-state index in [2.05, 4.69) is 5.32 Å². The highest BCUT2D eigenvalue weighted by molar-refractivity contribution is 5.73. The molecule has 2 saturated heterocycles. The molecule has 0 radical (unpaired) electrons. The summed E-state index contributed by atoms with van der Waals surface area (Å²) in [6.45, 7) is 2.45. The lowest BCUT2D eigenvalue weighted by Gasteiger charge is -2.47. The van der Waals surface area contributed by atoms with E-state index < -0.39 is 73.9 Å². The highest BCUT2D eigenvalue weighted by atomic mass is 16.8. The standard InChI is InChI=1S/C16H27NO11/c1-6-9(17-7(2)20)13(10(21)8(4-18)26-6)27-15-12(23)11(22)14(24-3)16(28-15)25-5-19/h5-6,8-16,18,21-23H,4H2,1-3H3,(H,17,20)/t6-,8?,9+,10+,11?,12-,13?,14-,15+,16?/m0/s1. The second kappa shape index (κ2) is 9.89. The van der Waals surface area contributed by atoms with Crippen molar-refractivity contribution in [2.45, 2.75) is 75.2 Å². The normalized spacial score (nSPS) is 44.0. The topological polar surface area (TPSA) is 173 Å². The third-order valence-electron chi connectivity index (χ3n) is 4.77. The van der Waals surface area contributed by atoms with Crippen LogP contribution in [0.5, 0.6) is 0 Å². The van der Waals surface area contributed by atoms with Crippen molar-refractivity contribution in [2.75, 3.05) is 13.7 Å². The van der Waals surface area contributed by atoms with Crippen LogP contribution < -0.4 is 5.32 Å². The number of carbonyl (C=O) groups excluding carboxylic acids is 2. The zero-order valence-electron chi connectivity index (χ0n) is 15.7. The Hall–Kier alpha value is -1.38. The van der Waals surface area contributed by atoms with Gasteiger partial charge in [-0.1, -0.05) is 0 Å². The molecule has 0 saturated carbocycles. The summed E-state index contributed by atoms with van der Waals surface area (Å²) in [4.78, 5) is 22.2. The minimum Gasteiger partial charge on any atom is -0.435 e. The average Bonchev–Trinajstić information content (AvgIpc) is 2.64. The lowest BCUT2D eigenvalue weighted by atomic mass is 9.92. The van der Waals surface area contributed by atoms with Crippen LogP contribution in [0.1, 0.15) is 13.8 Å². The van der Waals surface area contributed by atoms with Gasteiger partial charge in [-0.2, -0.15) is 0 Å². The van der Waals surface area contributed by atoms with E-state index in [1.807, 2.05) is 0 Å². The van der Waals surface area contributed by atoms with Crippen molar-refractivity contribution in [3.05, 3.63) is 0 Å². The molecule has 2 aliphatic heterocycles. The van der Waals surface area contributed by atoms with Crippen molar-refractivity contribution in [1.29, 1.82) is 0 Å². The number of hydrogen-bond acceptors (Lipinski definition) is 11. The van der Waals surface area contributed by atoms with Crippen LogP contribution in [0.3, 0.4) is 0 Å². The molecule has 2 rings (SSSR count). The lowest BCUT2D eigenvalue weighted by Crippen LogP contribution is -2.67. The van der Waals surface area contributed by atoms with Crippen molar-refractivity contribution in [3.8, 4) is 0 Å². The smallest absolute Gasteiger partial charge is 0.295 e. The molecule has 162 valence electrons. The van der Waals surface area contributed by atoms with Gasteiger partial charge in [0.25, 0.3) is 6.47 Å². The van der Waals surface area contributed by atoms with E-state index >= 15 is 0 Å². The Bertz CT molecular complexity index is 535. The molecule has 0 aromatic carbocycles. The van der Waals surface area contributed by atoms with Crippen molar-refractivity contribution in [3.63, 3.8) is 0 Å². The summed E-state index contributed by atoms with van der Waals surface area (Å²) in [5, 5.41) is 43.1. The van der Waals surface area contributed by atoms with Gasteiger partial charge in [0.1, 0.15) is 36.6 Å². The van der Waals surface area contributed by atoms with Crippen molar-refractivity contribution < 1.29 is 53.7 Å². The van der Waals surface area contributed by atoms with E-state index in [9.17, 15) is 30.0 Å². The summed E-state index contributed by atoms with van der Waals surface area (Å²) >= 11 is 0. The second-order valence-corrected chi connectivity index (χ2v) is 6.67. The van der Waals surface area contributed by atoms with E-state index in [1.54, 1.807) is 6.92 Å². The quantitative estimate of drug-likeness (QED) is 0.265. The number of hydrogen-bond donors (Lipinski definition) is 5. The molecule has 2 fully saturated rings. The SMILES string of the molecule is CO[C@@H]1C(OC=O)O[C@@H](OC2[C@H](O)C(CO)O[C@@H](C)[C@H]2NC(C)=O)[C@@H](O)C1O. The lowest BCUT2D eigenvalue weighted by molar-refractivity contribution is -0.362. The fourth-order valence-electron chi connectivity index (χ4n) is 3.37. The van der Waals surface area contributed by atoms with Gasteiger partial charge in [0, 0.05) is 14.0 Å². The maximum absolute atomic E-state index is 11.5. The molecular weight excluding hydrogens is 382 g/mol. The molecule has 0 aliphatic carbocycles. The molecule has 12 nitrogen and oxygen atoms in total. The predicted molar refractivity (Wildman–Crippen MR) is 88.5 cm³/mol. The maximum Gasteiger partial charge on any atom is 0.295 e. The predicted octanol–water partition coefficient (Wildman–Crippen LogP) is -3.39. The highest BCUT2D eigenvalue weighted by Gasteiger charge is 2.51. The van der Waals surface area contributed by atoms with Gasteiger partial charge in [0.05, 0.1) is 18.8 Å². The van der Waals surface area contributed by atoms with Crippen LogP contribution in [-0.2, 0) is 33.3 Å². The third kappa shape index (κ3) is 4.78. The van der Waals surface area contributed by atoms with Gasteiger partial charge in [-0.3, -0.25) is 9.59 Å². The summed E-state index contributed by atoms with van der Waals surface area (Å²) in [7, 11) is 1.23. The number of carbonyl (C=O) groups is 2. The number of aliphatic hydroxyl groups excluding tert-OH is 4. The van der Waals surface area contributed by atoms with E-state index in [0.717, 1.165) is 0 Å². The second-order valence-electron chi connectivity index (χ2n) is 6.67. The fraction of sp³-hybridized carbons (Fsp3) is 0.875. The number of rotatable bonds is 7. The molecular formula is C16H27NO11. The molecule has 10 atom stereocenters. The molecule has 1 amide bonds. The summed E-state index contributed by atoms with van der Waals surface area (Å²) in [6, 6.07) is -0.853. The number of nitrogens with one attached hydrogen (secondary N) is 1. The van der Waals surface area contributed by atoms with Gasteiger partial charge in [-0.25, -0.2) is 0 Å². The molecule has 0 bridgehead atoms. The Morgan fingerprint density at radius 2 is 1.79 bits per heavy atom. The van der Waals surface area contributed by atoms with Crippen molar-refractivity contribution >= 4 is 12.4 Å². The van der Waals surface area contributed by atoms with Crippen LogP contribution in [0.25, 0.3) is 0 Å². The summed E-state index contributed by atoms with van der Waals surface area (Å²) in [5.41, 5.74) is 0. The summed E-state index contributed by atoms with van der Waals surface area (Å²) in [5.74, 6) is -0.421. The van der Waals surface area contributed by atoms with Crippen molar-refractivity contribution in [2.24, 2.45) is 0 Å². The Kier molecular flexibility index (Phi) is 8.09. The first-order chi connectivity index (χ1) is 13.2. The van der Waals surface area contributed by atoms with Crippen LogP contribution in [0.2, 0.25) is 0 Å². The van der Waals surface area contributed by atoms with Gasteiger partial charge in [0.15, 0.2) is 6.29 Å². The van der Waals surface area contributed by atoms with Gasteiger partial charge in [-0.15, -0.1) is 0 Å². The zero-order valence-corrected chi connectivity index (χ0v) is 15.7. The van der Waals surface area contributed by atoms with Crippen LogP contribution in [-0.4, -0.2) is 108 Å². The Labute approximate surface area is 161 Å². The Balaban J connectivity index is 2.24. The average molecular weight is 409 g/mol. The first kappa shape index (κ1) is 22.9. The van der Waals surface area contributed by atoms with Crippen LogP contribution >= 0.6 is 0 Å². The summed E-state index contributed by atoms with van der Waals surface area (Å²) < 4.78 is 26.3. The van der Waals surface area contributed by atoms with Crippen molar-refractivity contribution in [1.82, 2.24) is 5.32 Å². The molecule has 28 heavy (non-hydrogen) atoms. The van der Waals surface area contributed by atoms with Gasteiger partial charge in [-0.05, 0) is 6.92 Å². The Morgan fingerprint density at radius 1 is 1.11 bits per heavy atom. The van der Waals surface area contributed by atoms with Crippen LogP contribution in [0.15, 0.2) is 0 Å². The van der Waals surface area contributed by atoms with E-state index in [4.69, 9.17) is 23.7 Å². The molecule has 2 heterocycles. The maximum atomic E-state index is 11.5. The molecule has 5 N–H and O–H groups in total. The van der Waals surface area contributed by atoms with E-state index in [0.29, 0.717) is 0 Å². The third-order valence-corrected chi connectivity index (χ3v) is 4.77. The first-order valence-electron chi connectivity index (χ1n) is 8.75. The minimum absolute atomic E-state index is 0.0887. The Morgan fingerprint density at radius 3 is 2.32 bits per heavy atom. The van der Waals surface area contributed by atoms with Gasteiger partial charge < -0.3 is 49.4 Å². The van der Waals surface area contributed by atoms with Crippen LogP contribution in [0.4, 0.5) is 0 Å². The number of methoxy groups -OCH3 is 1. The fourth-order valence-corrected chi connectivity index (χ4v) is 3.37. The number of amides is 1. The minimum atomic E-state index is -1.62. The van der Waals surface area contributed by atoms with Crippen LogP contribution in [0, 0.1) is 0 Å². The molecule has 12 heteroatoms. The molecule has 0 spiro atoms. The summed E-state index contributed by atoms with van der Waals surface area (Å²) in [6.07, 6.45) is -11.5. The largest absolute Gasteiger partial charge is 0.435 e. The number of aliphatic hydroxyl groups is 4. The highest BCUT2D eigenvalue weighted by Crippen LogP contribution is 2.30. The zero-order chi connectivity index (χ0) is 21.0. The van der Waals surface area contributed by atoms with E-state index in [1.165, 1.54) is 14.0 Å². The van der Waals surface area contributed by atoms with E-state index in [-0.39, 0.29) is 6.47 Å². The van der Waals surface area contributed by atoms with Gasteiger partial charge >= 0.3 is 0 Å². The number of ether oxygens (including phenoxy) is 5. The van der Waals surface area contributed by atoms with Gasteiger partial charge in [0.2, 0.25) is 12.2 Å². The molecule has 0 aromatic rings. The first-order valence-corrected chi connectivity index (χ1v) is 8.75. The monoisotopic (exact) mass is 409 g/mol. The molecule has 2 aliphatic rings.